The highest BCUT2D eigenvalue weighted by atomic mass is 79.9. The molecule has 0 fully saturated rings. The van der Waals surface area contributed by atoms with Crippen LogP contribution in [0.1, 0.15) is 20.8 Å². The summed E-state index contributed by atoms with van der Waals surface area (Å²) >= 11 is 3.34. The molecule has 0 aliphatic rings. The van der Waals surface area contributed by atoms with Crippen molar-refractivity contribution in [3.8, 4) is 0 Å². The van der Waals surface area contributed by atoms with Gasteiger partial charge in [-0.2, -0.15) is 0 Å². The molecule has 0 bridgehead atoms. The Hall–Kier alpha value is -0.300. The molecule has 0 aromatic heterocycles. The Morgan fingerprint density at radius 3 is 2.00 bits per heavy atom. The number of allylic oxidation sites excluding steroid dienone is 5. The molecule has 0 nitrogen and oxygen atoms in total. The lowest BCUT2D eigenvalue weighted by atomic mass is 10.1. The topological polar surface area (TPSA) is 0 Å². The first-order chi connectivity index (χ1) is 4.54. The highest BCUT2D eigenvalue weighted by Gasteiger charge is 1.85. The van der Waals surface area contributed by atoms with Crippen molar-refractivity contribution >= 4 is 15.9 Å². The second-order valence-corrected chi connectivity index (χ2v) is 3.63. The van der Waals surface area contributed by atoms with Crippen LogP contribution in [0.4, 0.5) is 0 Å². The second kappa shape index (κ2) is 4.51. The summed E-state index contributed by atoms with van der Waals surface area (Å²) in [7, 11) is 0. The van der Waals surface area contributed by atoms with Gasteiger partial charge in [0.05, 0.1) is 0 Å². The Morgan fingerprint density at radius 1 is 1.20 bits per heavy atom. The first-order valence-corrected chi connectivity index (χ1v) is 4.00. The minimum absolute atomic E-state index is 1.12. The molecule has 10 heavy (non-hydrogen) atoms. The lowest BCUT2D eigenvalue weighted by Crippen LogP contribution is -1.73. The molecule has 0 saturated heterocycles. The molecule has 0 aliphatic carbocycles. The number of halogens is 1. The highest BCUT2D eigenvalue weighted by Crippen LogP contribution is 2.08. The van der Waals surface area contributed by atoms with Crippen molar-refractivity contribution in [2.45, 2.75) is 20.8 Å². The fourth-order valence-corrected chi connectivity index (χ4v) is 0.514. The van der Waals surface area contributed by atoms with Crippen LogP contribution in [0.15, 0.2) is 34.4 Å². The smallest absolute Gasteiger partial charge is 0.00803 e. The zero-order valence-corrected chi connectivity index (χ0v) is 8.33. The summed E-state index contributed by atoms with van der Waals surface area (Å²) in [5.74, 6) is 0. The maximum atomic E-state index is 3.82. The molecule has 0 rings (SSSR count). The molecule has 0 spiro atoms. The van der Waals surface area contributed by atoms with Crippen molar-refractivity contribution in [1.29, 1.82) is 0 Å². The maximum Gasteiger partial charge on any atom is -0.00803 e. The van der Waals surface area contributed by atoms with Gasteiger partial charge in [-0.3, -0.25) is 0 Å². The van der Waals surface area contributed by atoms with Crippen LogP contribution in [0, 0.1) is 0 Å². The molecule has 0 amide bonds. The summed E-state index contributed by atoms with van der Waals surface area (Å²) in [6, 6.07) is 0. The third kappa shape index (κ3) is 4.57. The van der Waals surface area contributed by atoms with Gasteiger partial charge in [-0.1, -0.05) is 40.2 Å². The molecule has 0 aromatic carbocycles. The minimum atomic E-state index is 1.12. The summed E-state index contributed by atoms with van der Waals surface area (Å²) in [6.45, 7) is 9.88. The van der Waals surface area contributed by atoms with E-state index in [1.165, 1.54) is 5.57 Å². The van der Waals surface area contributed by atoms with Crippen molar-refractivity contribution in [3.05, 3.63) is 34.4 Å². The van der Waals surface area contributed by atoms with Gasteiger partial charge in [0.2, 0.25) is 0 Å². The lowest BCUT2D eigenvalue weighted by Gasteiger charge is -1.94. The summed E-state index contributed by atoms with van der Waals surface area (Å²) in [5, 5.41) is 0. The first kappa shape index (κ1) is 9.70. The largest absolute Gasteiger partial charge is 0.0958 e. The van der Waals surface area contributed by atoms with E-state index in [1.807, 2.05) is 26.0 Å². The molecule has 0 aliphatic heterocycles. The fraction of sp³-hybridized carbons (Fsp3) is 0.333. The van der Waals surface area contributed by atoms with Crippen molar-refractivity contribution in [3.63, 3.8) is 0 Å². The Bertz CT molecular complexity index is 181. The van der Waals surface area contributed by atoms with Crippen LogP contribution in [-0.2, 0) is 0 Å². The van der Waals surface area contributed by atoms with E-state index in [0.29, 0.717) is 0 Å². The van der Waals surface area contributed by atoms with Gasteiger partial charge in [-0.15, -0.1) is 0 Å². The number of rotatable bonds is 2. The average Bonchev–Trinajstić information content (AvgIpc) is 1.82. The van der Waals surface area contributed by atoms with E-state index in [0.717, 1.165) is 10.1 Å². The van der Waals surface area contributed by atoms with Crippen LogP contribution in [0.5, 0.6) is 0 Å². The quantitative estimate of drug-likeness (QED) is 0.596. The monoisotopic (exact) mass is 200 g/mol. The zero-order chi connectivity index (χ0) is 8.15. The Kier molecular flexibility index (Phi) is 4.37. The molecule has 0 aromatic rings. The molecule has 56 valence electrons. The normalized spacial score (nSPS) is 13.6. The van der Waals surface area contributed by atoms with Gasteiger partial charge in [0.15, 0.2) is 0 Å². The van der Waals surface area contributed by atoms with Crippen LogP contribution in [0.25, 0.3) is 0 Å². The Labute approximate surface area is 71.5 Å². The predicted octanol–water partition coefficient (Wildman–Crippen LogP) is 3.81. The standard InChI is InChI=1S/C9H13Br/c1-7(2)8(3)5-6-9(4)10/h5-6H,1H2,2-4H3. The predicted molar refractivity (Wildman–Crippen MR) is 51.3 cm³/mol. The summed E-state index contributed by atoms with van der Waals surface area (Å²) in [6.07, 6.45) is 4.07. The van der Waals surface area contributed by atoms with Crippen LogP contribution >= 0.6 is 15.9 Å². The van der Waals surface area contributed by atoms with Crippen molar-refractivity contribution in [1.82, 2.24) is 0 Å². The van der Waals surface area contributed by atoms with Crippen molar-refractivity contribution < 1.29 is 0 Å². The van der Waals surface area contributed by atoms with Gasteiger partial charge in [-0.05, 0) is 30.8 Å². The van der Waals surface area contributed by atoms with E-state index < -0.39 is 0 Å². The SMILES string of the molecule is C=C(C)C(C)=CC=C(C)Br. The second-order valence-electron chi connectivity index (χ2n) is 2.38. The van der Waals surface area contributed by atoms with Crippen LogP contribution < -0.4 is 0 Å². The molecule has 0 unspecified atom stereocenters. The van der Waals surface area contributed by atoms with E-state index in [9.17, 15) is 0 Å². The molecule has 0 radical (unpaired) electrons. The van der Waals surface area contributed by atoms with Gasteiger partial charge in [0.1, 0.15) is 0 Å². The van der Waals surface area contributed by atoms with Crippen LogP contribution in [0.2, 0.25) is 0 Å². The average molecular weight is 201 g/mol. The van der Waals surface area contributed by atoms with Crippen molar-refractivity contribution in [2.24, 2.45) is 0 Å². The molecule has 0 atom stereocenters. The van der Waals surface area contributed by atoms with Gasteiger partial charge >= 0.3 is 0 Å². The Morgan fingerprint density at radius 2 is 1.70 bits per heavy atom. The molecule has 0 N–H and O–H groups in total. The van der Waals surface area contributed by atoms with E-state index in [2.05, 4.69) is 29.4 Å². The third-order valence-corrected chi connectivity index (χ3v) is 1.50. The van der Waals surface area contributed by atoms with E-state index in [-0.39, 0.29) is 0 Å². The molecular weight excluding hydrogens is 188 g/mol. The number of hydrogen-bond acceptors (Lipinski definition) is 0. The molecular formula is C9H13Br. The van der Waals surface area contributed by atoms with Gasteiger partial charge < -0.3 is 0 Å². The number of hydrogen-bond donors (Lipinski definition) is 0. The third-order valence-electron chi connectivity index (χ3n) is 1.24. The maximum absolute atomic E-state index is 3.82. The van der Waals surface area contributed by atoms with Gasteiger partial charge in [0, 0.05) is 0 Å². The van der Waals surface area contributed by atoms with Crippen LogP contribution in [-0.4, -0.2) is 0 Å². The fourth-order valence-electron chi connectivity index (χ4n) is 0.382. The van der Waals surface area contributed by atoms with E-state index in [4.69, 9.17) is 0 Å². The summed E-state index contributed by atoms with van der Waals surface area (Å²) in [5.41, 5.74) is 2.34. The first-order valence-electron chi connectivity index (χ1n) is 3.20. The van der Waals surface area contributed by atoms with Crippen LogP contribution in [0.3, 0.4) is 0 Å². The summed E-state index contributed by atoms with van der Waals surface area (Å²) in [4.78, 5) is 0. The van der Waals surface area contributed by atoms with Gasteiger partial charge in [0.25, 0.3) is 0 Å². The van der Waals surface area contributed by atoms with E-state index in [1.54, 1.807) is 0 Å². The van der Waals surface area contributed by atoms with Crippen molar-refractivity contribution in [2.75, 3.05) is 0 Å². The molecule has 0 saturated carbocycles. The molecule has 0 heterocycles. The lowest BCUT2D eigenvalue weighted by molar-refractivity contribution is 1.36. The minimum Gasteiger partial charge on any atom is -0.0958 e. The highest BCUT2D eigenvalue weighted by molar-refractivity contribution is 9.11. The Balaban J connectivity index is 4.19. The molecule has 1 heteroatoms. The van der Waals surface area contributed by atoms with Gasteiger partial charge in [-0.25, -0.2) is 0 Å². The van der Waals surface area contributed by atoms with E-state index >= 15 is 0 Å². The summed E-state index contributed by atoms with van der Waals surface area (Å²) < 4.78 is 1.13. The zero-order valence-electron chi connectivity index (χ0n) is 6.74.